The zero-order valence-electron chi connectivity index (χ0n) is 14.1. The summed E-state index contributed by atoms with van der Waals surface area (Å²) in [6.45, 7) is 6.62. The number of nitrogens with one attached hydrogen (secondary N) is 1. The van der Waals surface area contributed by atoms with E-state index in [0.717, 1.165) is 11.4 Å². The molecule has 1 aromatic carbocycles. The smallest absolute Gasteiger partial charge is 0.270 e. The van der Waals surface area contributed by atoms with Crippen LogP contribution in [0, 0.1) is 12.8 Å². The van der Waals surface area contributed by atoms with E-state index in [1.54, 1.807) is 10.7 Å². The van der Waals surface area contributed by atoms with E-state index < -0.39 is 0 Å². The predicted molar refractivity (Wildman–Crippen MR) is 93.2 cm³/mol. The van der Waals surface area contributed by atoms with Crippen LogP contribution in [0.15, 0.2) is 52.9 Å². The Morgan fingerprint density at radius 2 is 1.96 bits per heavy atom. The van der Waals surface area contributed by atoms with Crippen molar-refractivity contribution < 1.29 is 9.21 Å². The molecule has 0 saturated carbocycles. The number of para-hydroxylation sites is 1. The van der Waals surface area contributed by atoms with E-state index in [1.165, 1.54) is 0 Å². The molecule has 0 aliphatic heterocycles. The molecule has 0 aliphatic rings. The minimum absolute atomic E-state index is 0.144. The van der Waals surface area contributed by atoms with Crippen molar-refractivity contribution in [1.82, 2.24) is 15.1 Å². The van der Waals surface area contributed by atoms with Crippen molar-refractivity contribution in [1.29, 1.82) is 0 Å². The number of hydrogen-bond donors (Lipinski definition) is 1. The summed E-state index contributed by atoms with van der Waals surface area (Å²) in [6, 6.07) is 15.1. The van der Waals surface area contributed by atoms with Crippen molar-refractivity contribution in [2.45, 2.75) is 20.8 Å². The Morgan fingerprint density at radius 1 is 1.21 bits per heavy atom. The van der Waals surface area contributed by atoms with Crippen LogP contribution in [-0.2, 0) is 0 Å². The molecular weight excluding hydrogens is 302 g/mol. The molecule has 0 fully saturated rings. The molecule has 5 heteroatoms. The number of rotatable bonds is 5. The van der Waals surface area contributed by atoms with Crippen molar-refractivity contribution >= 4 is 5.91 Å². The zero-order valence-corrected chi connectivity index (χ0v) is 14.1. The van der Waals surface area contributed by atoms with E-state index in [4.69, 9.17) is 4.42 Å². The molecule has 2 heterocycles. The van der Waals surface area contributed by atoms with Gasteiger partial charge in [0.1, 0.15) is 17.1 Å². The summed E-state index contributed by atoms with van der Waals surface area (Å²) in [5.41, 5.74) is 1.97. The van der Waals surface area contributed by atoms with Gasteiger partial charge in [0.2, 0.25) is 0 Å². The molecule has 0 aliphatic carbocycles. The largest absolute Gasteiger partial charge is 0.460 e. The number of furan rings is 1. The first-order chi connectivity index (χ1) is 11.5. The van der Waals surface area contributed by atoms with Crippen LogP contribution in [0.4, 0.5) is 0 Å². The van der Waals surface area contributed by atoms with Gasteiger partial charge in [0.25, 0.3) is 5.91 Å². The van der Waals surface area contributed by atoms with Gasteiger partial charge in [0.05, 0.1) is 5.69 Å². The number of benzene rings is 1. The SMILES string of the molecule is Cc1ccc(-c2cc(C(=O)NCC(C)C)n(-c3ccccc3)n2)o1. The summed E-state index contributed by atoms with van der Waals surface area (Å²) in [4.78, 5) is 12.6. The summed E-state index contributed by atoms with van der Waals surface area (Å²) in [6.07, 6.45) is 0. The van der Waals surface area contributed by atoms with Gasteiger partial charge in [-0.1, -0.05) is 32.0 Å². The molecule has 124 valence electrons. The van der Waals surface area contributed by atoms with Crippen molar-refractivity contribution in [2.75, 3.05) is 6.54 Å². The lowest BCUT2D eigenvalue weighted by molar-refractivity contribution is 0.0941. The molecule has 0 unspecified atom stereocenters. The Kier molecular flexibility index (Phi) is 4.51. The highest BCUT2D eigenvalue weighted by atomic mass is 16.3. The van der Waals surface area contributed by atoms with Crippen molar-refractivity contribution in [3.05, 3.63) is 60.0 Å². The van der Waals surface area contributed by atoms with Gasteiger partial charge in [0.15, 0.2) is 5.76 Å². The first-order valence-electron chi connectivity index (χ1n) is 8.05. The van der Waals surface area contributed by atoms with Crippen LogP contribution >= 0.6 is 0 Å². The van der Waals surface area contributed by atoms with Crippen molar-refractivity contribution in [3.63, 3.8) is 0 Å². The highest BCUT2D eigenvalue weighted by Gasteiger charge is 2.19. The summed E-state index contributed by atoms with van der Waals surface area (Å²) < 4.78 is 7.30. The summed E-state index contributed by atoms with van der Waals surface area (Å²) >= 11 is 0. The molecule has 3 aromatic rings. The normalized spacial score (nSPS) is 11.0. The predicted octanol–water partition coefficient (Wildman–Crippen LogP) is 3.83. The first-order valence-corrected chi connectivity index (χ1v) is 8.05. The molecule has 1 N–H and O–H groups in total. The maximum atomic E-state index is 12.6. The van der Waals surface area contributed by atoms with E-state index in [-0.39, 0.29) is 5.91 Å². The Bertz CT molecular complexity index is 831. The number of hydrogen-bond acceptors (Lipinski definition) is 3. The fourth-order valence-corrected chi connectivity index (χ4v) is 2.39. The van der Waals surface area contributed by atoms with Gasteiger partial charge in [-0.15, -0.1) is 0 Å². The fourth-order valence-electron chi connectivity index (χ4n) is 2.39. The van der Waals surface area contributed by atoms with Gasteiger partial charge >= 0.3 is 0 Å². The van der Waals surface area contributed by atoms with Crippen LogP contribution in [0.1, 0.15) is 30.1 Å². The average Bonchev–Trinajstić information content (AvgIpc) is 3.19. The van der Waals surface area contributed by atoms with Gasteiger partial charge in [-0.25, -0.2) is 4.68 Å². The average molecular weight is 323 g/mol. The lowest BCUT2D eigenvalue weighted by atomic mass is 10.2. The first kappa shape index (κ1) is 16.1. The Morgan fingerprint density at radius 3 is 2.58 bits per heavy atom. The summed E-state index contributed by atoms with van der Waals surface area (Å²) in [5.74, 6) is 1.70. The molecule has 0 atom stereocenters. The van der Waals surface area contributed by atoms with Gasteiger partial charge in [-0.05, 0) is 37.1 Å². The van der Waals surface area contributed by atoms with Gasteiger partial charge in [-0.3, -0.25) is 4.79 Å². The number of carbonyl (C=O) groups is 1. The van der Waals surface area contributed by atoms with E-state index in [1.807, 2.05) is 49.4 Å². The van der Waals surface area contributed by atoms with Gasteiger partial charge in [-0.2, -0.15) is 5.10 Å². The molecular formula is C19H21N3O2. The van der Waals surface area contributed by atoms with Crippen molar-refractivity contribution in [2.24, 2.45) is 5.92 Å². The third-order valence-electron chi connectivity index (χ3n) is 3.61. The van der Waals surface area contributed by atoms with Crippen molar-refractivity contribution in [3.8, 4) is 17.1 Å². The second-order valence-corrected chi connectivity index (χ2v) is 6.18. The number of amides is 1. The van der Waals surface area contributed by atoms with E-state index >= 15 is 0 Å². The molecule has 1 amide bonds. The van der Waals surface area contributed by atoms with Gasteiger partial charge < -0.3 is 9.73 Å². The molecule has 3 rings (SSSR count). The number of aryl methyl sites for hydroxylation is 1. The Hall–Kier alpha value is -2.82. The van der Waals surface area contributed by atoms with Crippen LogP contribution in [0.5, 0.6) is 0 Å². The minimum Gasteiger partial charge on any atom is -0.460 e. The Labute approximate surface area is 141 Å². The summed E-state index contributed by atoms with van der Waals surface area (Å²) in [7, 11) is 0. The molecule has 5 nitrogen and oxygen atoms in total. The maximum Gasteiger partial charge on any atom is 0.270 e. The van der Waals surface area contributed by atoms with Crippen LogP contribution in [-0.4, -0.2) is 22.2 Å². The highest BCUT2D eigenvalue weighted by Crippen LogP contribution is 2.23. The van der Waals surface area contributed by atoms with Crippen LogP contribution in [0.3, 0.4) is 0 Å². The topological polar surface area (TPSA) is 60.1 Å². The lowest BCUT2D eigenvalue weighted by Crippen LogP contribution is -2.29. The number of carbonyl (C=O) groups excluding carboxylic acids is 1. The minimum atomic E-state index is -0.144. The van der Waals surface area contributed by atoms with Crippen LogP contribution in [0.2, 0.25) is 0 Å². The molecule has 24 heavy (non-hydrogen) atoms. The third kappa shape index (κ3) is 3.40. The maximum absolute atomic E-state index is 12.6. The van der Waals surface area contributed by atoms with E-state index in [2.05, 4.69) is 24.3 Å². The zero-order chi connectivity index (χ0) is 17.1. The second kappa shape index (κ2) is 6.74. The fraction of sp³-hybridized carbons (Fsp3) is 0.263. The van der Waals surface area contributed by atoms with E-state index in [9.17, 15) is 4.79 Å². The monoisotopic (exact) mass is 323 g/mol. The van der Waals surface area contributed by atoms with Crippen LogP contribution < -0.4 is 5.32 Å². The number of nitrogens with zero attached hydrogens (tertiary/aromatic N) is 2. The molecule has 0 bridgehead atoms. The van der Waals surface area contributed by atoms with Gasteiger partial charge in [0, 0.05) is 12.6 Å². The number of aromatic nitrogens is 2. The lowest BCUT2D eigenvalue weighted by Gasteiger charge is -2.09. The van der Waals surface area contributed by atoms with Crippen LogP contribution in [0.25, 0.3) is 17.1 Å². The molecule has 0 spiro atoms. The quantitative estimate of drug-likeness (QED) is 0.776. The second-order valence-electron chi connectivity index (χ2n) is 6.18. The standard InChI is InChI=1S/C19H21N3O2/c1-13(2)12-20-19(23)17-11-16(18-10-9-14(3)24-18)21-22(17)15-7-5-4-6-8-15/h4-11,13H,12H2,1-3H3,(H,20,23). The summed E-state index contributed by atoms with van der Waals surface area (Å²) in [5, 5.41) is 7.52. The Balaban J connectivity index is 2.01. The third-order valence-corrected chi connectivity index (χ3v) is 3.61. The molecule has 0 saturated heterocycles. The molecule has 0 radical (unpaired) electrons. The highest BCUT2D eigenvalue weighted by molar-refractivity contribution is 5.94. The molecule has 2 aromatic heterocycles. The van der Waals surface area contributed by atoms with E-state index in [0.29, 0.717) is 29.6 Å².